The number of nitrogens with zero attached hydrogens (tertiary/aromatic N) is 4. The molecule has 0 aliphatic carbocycles. The lowest BCUT2D eigenvalue weighted by Crippen LogP contribution is -2.23. The molecule has 1 N–H and O–H groups in total. The molecule has 0 radical (unpaired) electrons. The van der Waals surface area contributed by atoms with E-state index >= 15 is 0 Å². The Morgan fingerprint density at radius 2 is 2.09 bits per heavy atom. The summed E-state index contributed by atoms with van der Waals surface area (Å²) in [6, 6.07) is 11.4. The van der Waals surface area contributed by atoms with E-state index in [-0.39, 0.29) is 47.9 Å². The van der Waals surface area contributed by atoms with Gasteiger partial charge in [-0.05, 0) is 42.0 Å². The number of carbonyl (C=O) groups is 1. The highest BCUT2D eigenvalue weighted by Gasteiger charge is 2.24. The van der Waals surface area contributed by atoms with Crippen molar-refractivity contribution in [3.63, 3.8) is 0 Å². The van der Waals surface area contributed by atoms with Crippen molar-refractivity contribution in [3.8, 4) is 34.4 Å². The predicted octanol–water partition coefficient (Wildman–Crippen LogP) is 3.49. The van der Waals surface area contributed by atoms with Gasteiger partial charge in [-0.15, -0.1) is 0 Å². The molecule has 0 saturated heterocycles. The summed E-state index contributed by atoms with van der Waals surface area (Å²) in [4.78, 5) is 32.7. The Bertz CT molecular complexity index is 1590. The van der Waals surface area contributed by atoms with Crippen LogP contribution in [0, 0.1) is 11.3 Å². The maximum Gasteiger partial charge on any atom is 0.339 e. The lowest BCUT2D eigenvalue weighted by atomic mass is 10.0. The van der Waals surface area contributed by atoms with Crippen LogP contribution in [0.3, 0.4) is 0 Å². The summed E-state index contributed by atoms with van der Waals surface area (Å²) in [5.74, 6) is -0.243. The Balaban J connectivity index is 1.43. The number of rotatable bonds is 6. The highest BCUT2D eigenvalue weighted by atomic mass is 35.5. The predicted molar refractivity (Wildman–Crippen MR) is 124 cm³/mol. The third-order valence-corrected chi connectivity index (χ3v) is 5.61. The number of hydrogen-bond acceptors (Lipinski definition) is 8. The molecule has 5 rings (SSSR count). The van der Waals surface area contributed by atoms with Gasteiger partial charge in [0.05, 0.1) is 30.0 Å². The zero-order chi connectivity index (χ0) is 24.5. The van der Waals surface area contributed by atoms with Crippen LogP contribution in [0.5, 0.6) is 17.2 Å². The fourth-order valence-electron chi connectivity index (χ4n) is 3.71. The number of halogens is 1. The van der Waals surface area contributed by atoms with Gasteiger partial charge in [-0.3, -0.25) is 9.36 Å². The highest BCUT2D eigenvalue weighted by Crippen LogP contribution is 2.42. The summed E-state index contributed by atoms with van der Waals surface area (Å²) < 4.78 is 18.0. The summed E-state index contributed by atoms with van der Waals surface area (Å²) in [7, 11) is 0. The molecule has 1 aliphatic rings. The molecule has 174 valence electrons. The normalized spacial score (nSPS) is 11.9. The first kappa shape index (κ1) is 22.2. The van der Waals surface area contributed by atoms with Crippen molar-refractivity contribution < 1.29 is 24.1 Å². The van der Waals surface area contributed by atoms with E-state index < -0.39 is 5.97 Å². The van der Waals surface area contributed by atoms with E-state index in [0.717, 1.165) is 0 Å². The molecule has 4 aromatic rings. The summed E-state index contributed by atoms with van der Waals surface area (Å²) >= 11 is 6.21. The maximum atomic E-state index is 12.8. The first-order chi connectivity index (χ1) is 16.9. The Labute approximate surface area is 202 Å². The van der Waals surface area contributed by atoms with Gasteiger partial charge in [0.15, 0.2) is 11.5 Å². The van der Waals surface area contributed by atoms with Gasteiger partial charge < -0.3 is 19.3 Å². The SMILES string of the molecule is N#Cc1cc2c(=O)n(CCOc3ccc(Cl)cc3-c3cc4c(c(C(=O)O)c3)OCO4)cnc2cn1. The van der Waals surface area contributed by atoms with Gasteiger partial charge in [-0.2, -0.15) is 5.26 Å². The lowest BCUT2D eigenvalue weighted by molar-refractivity contribution is 0.0692. The molecule has 2 aromatic carbocycles. The minimum atomic E-state index is -1.16. The summed E-state index contributed by atoms with van der Waals surface area (Å²) in [5.41, 5.74) is 1.22. The van der Waals surface area contributed by atoms with Crippen LogP contribution in [0.15, 0.2) is 53.7 Å². The monoisotopic (exact) mass is 490 g/mol. The van der Waals surface area contributed by atoms with Crippen LogP contribution in [-0.4, -0.2) is 39.0 Å². The van der Waals surface area contributed by atoms with Crippen LogP contribution in [0.2, 0.25) is 5.02 Å². The Hall–Kier alpha value is -4.62. The van der Waals surface area contributed by atoms with Crippen LogP contribution in [-0.2, 0) is 6.54 Å². The topological polar surface area (TPSA) is 137 Å². The Kier molecular flexibility index (Phi) is 5.68. The van der Waals surface area contributed by atoms with Crippen LogP contribution >= 0.6 is 11.6 Å². The van der Waals surface area contributed by atoms with Gasteiger partial charge in [0, 0.05) is 10.6 Å². The van der Waals surface area contributed by atoms with Gasteiger partial charge in [-0.1, -0.05) is 11.6 Å². The van der Waals surface area contributed by atoms with Crippen LogP contribution in [0.25, 0.3) is 22.0 Å². The Morgan fingerprint density at radius 1 is 1.23 bits per heavy atom. The minimum absolute atomic E-state index is 0.0408. The number of carboxylic acids is 1. The van der Waals surface area contributed by atoms with Crippen molar-refractivity contribution >= 4 is 28.5 Å². The van der Waals surface area contributed by atoms with Crippen LogP contribution in [0.1, 0.15) is 16.1 Å². The third kappa shape index (κ3) is 4.20. The summed E-state index contributed by atoms with van der Waals surface area (Å²) in [5, 5.41) is 19.4. The highest BCUT2D eigenvalue weighted by molar-refractivity contribution is 6.31. The largest absolute Gasteiger partial charge is 0.491 e. The second kappa shape index (κ2) is 8.96. The van der Waals surface area contributed by atoms with Crippen molar-refractivity contribution in [2.75, 3.05) is 13.4 Å². The van der Waals surface area contributed by atoms with Gasteiger partial charge in [-0.25, -0.2) is 14.8 Å². The van der Waals surface area contributed by atoms with E-state index in [2.05, 4.69) is 9.97 Å². The maximum absolute atomic E-state index is 12.8. The number of aromatic carboxylic acids is 1. The van der Waals surface area contributed by atoms with E-state index in [0.29, 0.717) is 33.2 Å². The summed E-state index contributed by atoms with van der Waals surface area (Å²) in [6.45, 7) is 0.211. The number of pyridine rings is 1. The molecule has 0 bridgehead atoms. The summed E-state index contributed by atoms with van der Waals surface area (Å²) in [6.07, 6.45) is 2.77. The van der Waals surface area contributed by atoms with E-state index in [4.69, 9.17) is 31.1 Å². The average Bonchev–Trinajstić information content (AvgIpc) is 3.34. The molecule has 0 saturated carbocycles. The molecule has 0 unspecified atom stereocenters. The van der Waals surface area contributed by atoms with Crippen molar-refractivity contribution in [2.45, 2.75) is 6.54 Å². The number of ether oxygens (including phenoxy) is 3. The quantitative estimate of drug-likeness (QED) is 0.430. The standard InChI is InChI=1S/C24H15ClN4O6/c25-14-1-2-20(16(7-14)13-5-18(24(31)32)22-21(6-13)34-12-35-22)33-4-3-29-11-28-19-10-27-15(9-26)8-17(19)23(29)30/h1-2,5-8,10-11H,3-4,12H2,(H,31,32). The van der Waals surface area contributed by atoms with Gasteiger partial charge >= 0.3 is 5.97 Å². The molecule has 35 heavy (non-hydrogen) atoms. The fraction of sp³-hybridized carbons (Fsp3) is 0.125. The van der Waals surface area contributed by atoms with Gasteiger partial charge in [0.1, 0.15) is 29.7 Å². The van der Waals surface area contributed by atoms with E-state index in [1.54, 1.807) is 24.3 Å². The molecular formula is C24H15ClN4O6. The number of fused-ring (bicyclic) bond motifs is 2. The fourth-order valence-corrected chi connectivity index (χ4v) is 3.89. The van der Waals surface area contributed by atoms with Gasteiger partial charge in [0.2, 0.25) is 6.79 Å². The molecule has 2 aromatic heterocycles. The number of nitriles is 1. The minimum Gasteiger partial charge on any atom is -0.491 e. The van der Waals surface area contributed by atoms with Crippen LogP contribution < -0.4 is 19.8 Å². The molecule has 1 aliphatic heterocycles. The first-order valence-corrected chi connectivity index (χ1v) is 10.7. The molecule has 11 heteroatoms. The second-order valence-corrected chi connectivity index (χ2v) is 7.93. The van der Waals surface area contributed by atoms with Crippen molar-refractivity contribution in [1.29, 1.82) is 5.26 Å². The molecular weight excluding hydrogens is 476 g/mol. The lowest BCUT2D eigenvalue weighted by Gasteiger charge is -2.14. The second-order valence-electron chi connectivity index (χ2n) is 7.49. The third-order valence-electron chi connectivity index (χ3n) is 5.37. The zero-order valence-electron chi connectivity index (χ0n) is 17.9. The Morgan fingerprint density at radius 3 is 2.89 bits per heavy atom. The molecule has 3 heterocycles. The van der Waals surface area contributed by atoms with Crippen LogP contribution in [0.4, 0.5) is 0 Å². The van der Waals surface area contributed by atoms with E-state index in [9.17, 15) is 14.7 Å². The number of aromatic nitrogens is 3. The first-order valence-electron chi connectivity index (χ1n) is 10.3. The molecule has 10 nitrogen and oxygen atoms in total. The van der Waals surface area contributed by atoms with Crippen molar-refractivity contribution in [2.24, 2.45) is 0 Å². The number of benzene rings is 2. The smallest absolute Gasteiger partial charge is 0.339 e. The van der Waals surface area contributed by atoms with E-state index in [1.807, 2.05) is 6.07 Å². The number of hydrogen-bond donors (Lipinski definition) is 1. The van der Waals surface area contributed by atoms with Gasteiger partial charge in [0.25, 0.3) is 5.56 Å². The number of carboxylic acid groups (broad SMARTS) is 1. The molecule has 0 fully saturated rings. The van der Waals surface area contributed by atoms with Crippen molar-refractivity contribution in [1.82, 2.24) is 14.5 Å². The zero-order valence-corrected chi connectivity index (χ0v) is 18.7. The molecule has 0 spiro atoms. The molecule has 0 atom stereocenters. The van der Waals surface area contributed by atoms with E-state index in [1.165, 1.54) is 29.2 Å². The van der Waals surface area contributed by atoms with Crippen molar-refractivity contribution in [3.05, 3.63) is 75.6 Å². The average molecular weight is 491 g/mol. The molecule has 0 amide bonds.